The topological polar surface area (TPSA) is 56.5 Å². The quantitative estimate of drug-likeness (QED) is 0.646. The molecule has 0 aliphatic rings. The normalized spacial score (nSPS) is 10.1. The van der Waals surface area contributed by atoms with Crippen molar-refractivity contribution in [1.29, 1.82) is 0 Å². The Morgan fingerprint density at radius 1 is 1.11 bits per heavy atom. The van der Waals surface area contributed by atoms with E-state index >= 15 is 0 Å². The molecule has 0 spiro atoms. The van der Waals surface area contributed by atoms with Gasteiger partial charge in [-0.1, -0.05) is 28.1 Å². The van der Waals surface area contributed by atoms with Gasteiger partial charge in [0.25, 0.3) is 0 Å². The number of esters is 1. The fraction of sp³-hybridized carbons (Fsp3) is 0.0769. The summed E-state index contributed by atoms with van der Waals surface area (Å²) < 4.78 is 10.3. The van der Waals surface area contributed by atoms with Gasteiger partial charge < -0.3 is 9.15 Å². The van der Waals surface area contributed by atoms with E-state index in [1.165, 1.54) is 19.2 Å². The van der Waals surface area contributed by atoms with Crippen molar-refractivity contribution in [1.82, 2.24) is 0 Å². The molecular weight excluding hydrogens is 300 g/mol. The van der Waals surface area contributed by atoms with E-state index in [9.17, 15) is 9.59 Å². The van der Waals surface area contributed by atoms with Crippen molar-refractivity contribution in [3.8, 4) is 0 Å². The number of halogens is 1. The summed E-state index contributed by atoms with van der Waals surface area (Å²) in [6.07, 6.45) is 0. The predicted molar refractivity (Wildman–Crippen MR) is 67.6 cm³/mol. The molecule has 2 aromatic rings. The number of methoxy groups -OCH3 is 1. The van der Waals surface area contributed by atoms with Crippen molar-refractivity contribution in [3.05, 3.63) is 58.0 Å². The summed E-state index contributed by atoms with van der Waals surface area (Å²) in [7, 11) is 1.25. The van der Waals surface area contributed by atoms with Crippen LogP contribution >= 0.6 is 15.9 Å². The van der Waals surface area contributed by atoms with Crippen LogP contribution in [0.2, 0.25) is 0 Å². The first-order chi connectivity index (χ1) is 8.63. The maximum absolute atomic E-state index is 12.1. The van der Waals surface area contributed by atoms with Gasteiger partial charge in [-0.2, -0.15) is 0 Å². The number of furan rings is 1. The molecule has 1 heterocycles. The molecule has 2 rings (SSSR count). The van der Waals surface area contributed by atoms with Gasteiger partial charge in [0.05, 0.1) is 7.11 Å². The summed E-state index contributed by atoms with van der Waals surface area (Å²) in [6, 6.07) is 9.86. The van der Waals surface area contributed by atoms with Gasteiger partial charge in [0.1, 0.15) is 0 Å². The third kappa shape index (κ3) is 2.36. The molecule has 0 atom stereocenters. The van der Waals surface area contributed by atoms with Crippen LogP contribution in [0.5, 0.6) is 0 Å². The number of carbonyl (C=O) groups excluding carboxylic acids is 2. The average molecular weight is 309 g/mol. The lowest BCUT2D eigenvalue weighted by atomic mass is 10.1. The Hall–Kier alpha value is -1.88. The minimum Gasteiger partial charge on any atom is -0.463 e. The third-order valence-electron chi connectivity index (χ3n) is 2.33. The number of rotatable bonds is 3. The summed E-state index contributed by atoms with van der Waals surface area (Å²) in [4.78, 5) is 23.3. The Morgan fingerprint density at radius 2 is 1.78 bits per heavy atom. The fourth-order valence-corrected chi connectivity index (χ4v) is 1.91. The van der Waals surface area contributed by atoms with Crippen molar-refractivity contribution in [3.63, 3.8) is 0 Å². The maximum Gasteiger partial charge on any atom is 0.373 e. The first kappa shape index (κ1) is 12.6. The van der Waals surface area contributed by atoms with Gasteiger partial charge in [-0.25, -0.2) is 4.79 Å². The van der Waals surface area contributed by atoms with E-state index in [0.717, 1.165) is 0 Å². The summed E-state index contributed by atoms with van der Waals surface area (Å²) in [5.74, 6) is -0.797. The van der Waals surface area contributed by atoms with Crippen LogP contribution in [0, 0.1) is 0 Å². The Morgan fingerprint density at radius 3 is 2.44 bits per heavy atom. The molecule has 0 saturated heterocycles. The second-order valence-electron chi connectivity index (χ2n) is 3.46. The lowest BCUT2D eigenvalue weighted by Gasteiger charge is -2.00. The Labute approximate surface area is 112 Å². The first-order valence-electron chi connectivity index (χ1n) is 5.11. The minimum atomic E-state index is -0.610. The van der Waals surface area contributed by atoms with Crippen molar-refractivity contribution in [2.45, 2.75) is 0 Å². The van der Waals surface area contributed by atoms with Gasteiger partial charge in [0.2, 0.25) is 11.5 Å². The number of benzene rings is 1. The van der Waals surface area contributed by atoms with Crippen LogP contribution in [0.25, 0.3) is 0 Å². The molecule has 0 radical (unpaired) electrons. The van der Waals surface area contributed by atoms with Gasteiger partial charge in [0, 0.05) is 10.0 Å². The van der Waals surface area contributed by atoms with E-state index in [1.54, 1.807) is 18.2 Å². The summed E-state index contributed by atoms with van der Waals surface area (Å²) in [6.45, 7) is 0. The van der Waals surface area contributed by atoms with Crippen molar-refractivity contribution < 1.29 is 18.7 Å². The summed E-state index contributed by atoms with van der Waals surface area (Å²) >= 11 is 3.29. The van der Waals surface area contributed by atoms with E-state index in [0.29, 0.717) is 10.0 Å². The van der Waals surface area contributed by atoms with Gasteiger partial charge in [-0.05, 0) is 24.3 Å². The standard InChI is InChI=1S/C13H9BrO4/c1-17-13(16)11-7-6-10(18-11)12(15)8-4-2-3-5-9(8)14/h2-7H,1H3. The highest BCUT2D eigenvalue weighted by Crippen LogP contribution is 2.21. The Kier molecular flexibility index (Phi) is 3.62. The molecule has 0 unspecified atom stereocenters. The van der Waals surface area contributed by atoms with Crippen molar-refractivity contribution >= 4 is 27.7 Å². The molecule has 0 bridgehead atoms. The molecule has 5 heteroatoms. The molecule has 0 aliphatic heterocycles. The predicted octanol–water partition coefficient (Wildman–Crippen LogP) is 3.06. The first-order valence-corrected chi connectivity index (χ1v) is 5.90. The van der Waals surface area contributed by atoms with Gasteiger partial charge in [0.15, 0.2) is 5.76 Å². The molecular formula is C13H9BrO4. The van der Waals surface area contributed by atoms with Crippen molar-refractivity contribution in [2.24, 2.45) is 0 Å². The van der Waals surface area contributed by atoms with E-state index in [1.807, 2.05) is 6.07 Å². The highest BCUT2D eigenvalue weighted by molar-refractivity contribution is 9.10. The lowest BCUT2D eigenvalue weighted by Crippen LogP contribution is -2.02. The smallest absolute Gasteiger partial charge is 0.373 e. The molecule has 18 heavy (non-hydrogen) atoms. The number of hydrogen-bond donors (Lipinski definition) is 0. The van der Waals surface area contributed by atoms with Crippen LogP contribution in [0.3, 0.4) is 0 Å². The van der Waals surface area contributed by atoms with Gasteiger partial charge >= 0.3 is 5.97 Å². The zero-order chi connectivity index (χ0) is 13.1. The van der Waals surface area contributed by atoms with Crippen molar-refractivity contribution in [2.75, 3.05) is 7.11 Å². The molecule has 1 aromatic heterocycles. The minimum absolute atomic E-state index is 0.00732. The van der Waals surface area contributed by atoms with Crippen LogP contribution in [-0.2, 0) is 4.74 Å². The number of hydrogen-bond acceptors (Lipinski definition) is 4. The lowest BCUT2D eigenvalue weighted by molar-refractivity contribution is 0.0563. The Balaban J connectivity index is 2.33. The van der Waals surface area contributed by atoms with Crippen LogP contribution < -0.4 is 0 Å². The van der Waals surface area contributed by atoms with E-state index in [-0.39, 0.29) is 17.3 Å². The molecule has 0 saturated carbocycles. The molecule has 92 valence electrons. The van der Waals surface area contributed by atoms with Crippen LogP contribution in [0.1, 0.15) is 26.7 Å². The van der Waals surface area contributed by atoms with Gasteiger partial charge in [-0.15, -0.1) is 0 Å². The molecule has 0 N–H and O–H groups in total. The summed E-state index contributed by atoms with van der Waals surface area (Å²) in [5.41, 5.74) is 0.475. The van der Waals surface area contributed by atoms with Crippen LogP contribution in [-0.4, -0.2) is 18.9 Å². The van der Waals surface area contributed by atoms with E-state index in [2.05, 4.69) is 20.7 Å². The maximum atomic E-state index is 12.1. The fourth-order valence-electron chi connectivity index (χ4n) is 1.45. The molecule has 1 aromatic carbocycles. The largest absolute Gasteiger partial charge is 0.463 e. The molecule has 0 amide bonds. The third-order valence-corrected chi connectivity index (χ3v) is 3.03. The number of ether oxygens (including phenoxy) is 1. The molecule has 4 nitrogen and oxygen atoms in total. The summed E-state index contributed by atoms with van der Waals surface area (Å²) in [5, 5.41) is 0. The monoisotopic (exact) mass is 308 g/mol. The SMILES string of the molecule is COC(=O)c1ccc(C(=O)c2ccccc2Br)o1. The highest BCUT2D eigenvalue weighted by Gasteiger charge is 2.18. The second-order valence-corrected chi connectivity index (χ2v) is 4.32. The van der Waals surface area contributed by atoms with Crippen LogP contribution in [0.15, 0.2) is 45.3 Å². The number of carbonyl (C=O) groups is 2. The second kappa shape index (κ2) is 5.18. The highest BCUT2D eigenvalue weighted by atomic mass is 79.9. The molecule has 0 aliphatic carbocycles. The Bertz CT molecular complexity index is 601. The van der Waals surface area contributed by atoms with E-state index < -0.39 is 5.97 Å². The molecule has 0 fully saturated rings. The van der Waals surface area contributed by atoms with Crippen LogP contribution in [0.4, 0.5) is 0 Å². The van der Waals surface area contributed by atoms with Gasteiger partial charge in [-0.3, -0.25) is 4.79 Å². The zero-order valence-corrected chi connectivity index (χ0v) is 11.1. The number of ketones is 1. The van der Waals surface area contributed by atoms with E-state index in [4.69, 9.17) is 4.42 Å². The average Bonchev–Trinajstić information content (AvgIpc) is 2.87. The zero-order valence-electron chi connectivity index (χ0n) is 9.48.